The van der Waals surface area contributed by atoms with Crippen molar-refractivity contribution in [3.8, 4) is 5.75 Å². The molecule has 29 heavy (non-hydrogen) atoms. The summed E-state index contributed by atoms with van der Waals surface area (Å²) in [5.74, 6) is 1.50. The van der Waals surface area contributed by atoms with Crippen LogP contribution in [0.25, 0.3) is 11.0 Å². The van der Waals surface area contributed by atoms with Crippen molar-refractivity contribution in [1.82, 2.24) is 34.8 Å². The molecule has 3 aromatic rings. The number of nitrogens with two attached hydrogens (primary N) is 2. The highest BCUT2D eigenvalue weighted by Gasteiger charge is 2.24. The van der Waals surface area contributed by atoms with Crippen molar-refractivity contribution in [2.45, 2.75) is 45.2 Å². The lowest BCUT2D eigenvalue weighted by atomic mass is 9.92. The number of nitrogen functional groups attached to an aromatic ring is 2. The lowest BCUT2D eigenvalue weighted by molar-refractivity contribution is 0.170. The molecule has 0 spiro atoms. The summed E-state index contributed by atoms with van der Waals surface area (Å²) >= 11 is 0. The molecule has 1 aliphatic heterocycles. The normalized spacial score (nSPS) is 16.0. The van der Waals surface area contributed by atoms with Crippen LogP contribution in [0.1, 0.15) is 44.0 Å². The van der Waals surface area contributed by atoms with E-state index in [2.05, 4.69) is 44.0 Å². The second-order valence-electron chi connectivity index (χ2n) is 7.69. The summed E-state index contributed by atoms with van der Waals surface area (Å²) in [6, 6.07) is 2.58. The van der Waals surface area contributed by atoms with Crippen LogP contribution < -0.4 is 16.2 Å². The quantitative estimate of drug-likeness (QED) is 0.655. The first kappa shape index (κ1) is 19.3. The Morgan fingerprint density at radius 3 is 2.62 bits per heavy atom. The van der Waals surface area contributed by atoms with E-state index >= 15 is 0 Å². The molecule has 4 rings (SSSR count). The van der Waals surface area contributed by atoms with Crippen LogP contribution in [0.5, 0.6) is 5.75 Å². The average molecular weight is 397 g/mol. The Bertz CT molecular complexity index is 1010. The van der Waals surface area contributed by atoms with Gasteiger partial charge in [0.1, 0.15) is 22.5 Å². The number of hydrogen-bond acceptors (Lipinski definition) is 9. The Balaban J connectivity index is 1.57. The Morgan fingerprint density at radius 2 is 1.93 bits per heavy atom. The molecule has 0 atom stereocenters. The van der Waals surface area contributed by atoms with Gasteiger partial charge in [0.25, 0.3) is 0 Å². The molecule has 154 valence electrons. The summed E-state index contributed by atoms with van der Waals surface area (Å²) in [7, 11) is 1.64. The highest BCUT2D eigenvalue weighted by Crippen LogP contribution is 2.30. The topological polar surface area (TPSA) is 134 Å². The van der Waals surface area contributed by atoms with Crippen molar-refractivity contribution < 1.29 is 4.74 Å². The molecule has 4 heterocycles. The van der Waals surface area contributed by atoms with Gasteiger partial charge in [0.05, 0.1) is 25.5 Å². The summed E-state index contributed by atoms with van der Waals surface area (Å²) in [5.41, 5.74) is 14.5. The molecule has 0 aliphatic carbocycles. The average Bonchev–Trinajstić information content (AvgIpc) is 3.11. The van der Waals surface area contributed by atoms with Crippen molar-refractivity contribution in [3.05, 3.63) is 23.7 Å². The molecule has 1 saturated heterocycles. The summed E-state index contributed by atoms with van der Waals surface area (Å²) in [6.45, 7) is 6.99. The summed E-state index contributed by atoms with van der Waals surface area (Å²) in [4.78, 5) is 10.7. The van der Waals surface area contributed by atoms with Crippen molar-refractivity contribution >= 4 is 22.8 Å². The van der Waals surface area contributed by atoms with Crippen LogP contribution in [-0.2, 0) is 6.54 Å². The van der Waals surface area contributed by atoms with Gasteiger partial charge in [-0.25, -0.2) is 4.98 Å². The second-order valence-corrected chi connectivity index (χ2v) is 7.69. The fourth-order valence-corrected chi connectivity index (χ4v) is 3.92. The van der Waals surface area contributed by atoms with Gasteiger partial charge in [-0.15, -0.1) is 5.10 Å². The summed E-state index contributed by atoms with van der Waals surface area (Å²) in [5, 5.41) is 13.3. The number of ether oxygens (including phenoxy) is 1. The molecule has 10 heteroatoms. The maximum atomic E-state index is 6.02. The van der Waals surface area contributed by atoms with Gasteiger partial charge in [-0.05, 0) is 39.8 Å². The van der Waals surface area contributed by atoms with Crippen molar-refractivity contribution in [3.63, 3.8) is 0 Å². The third kappa shape index (κ3) is 3.80. The third-order valence-electron chi connectivity index (χ3n) is 5.58. The molecular weight excluding hydrogens is 370 g/mol. The van der Waals surface area contributed by atoms with E-state index in [4.69, 9.17) is 16.2 Å². The molecule has 10 nitrogen and oxygen atoms in total. The largest absolute Gasteiger partial charge is 0.495 e. The number of piperidine rings is 1. The Morgan fingerprint density at radius 1 is 1.17 bits per heavy atom. The number of nitrogens with zero attached hydrogens (tertiary/aromatic N) is 7. The third-order valence-corrected chi connectivity index (χ3v) is 5.58. The monoisotopic (exact) mass is 397 g/mol. The number of likely N-dealkylation sites (tertiary alicyclic amines) is 1. The molecule has 1 fully saturated rings. The molecule has 0 unspecified atom stereocenters. The van der Waals surface area contributed by atoms with Gasteiger partial charge >= 0.3 is 0 Å². The zero-order chi connectivity index (χ0) is 20.5. The van der Waals surface area contributed by atoms with Crippen LogP contribution in [0, 0.1) is 0 Å². The lowest BCUT2D eigenvalue weighted by Gasteiger charge is -2.34. The fraction of sp³-hybridized carbons (Fsp3) is 0.526. The number of anilines is 2. The Hall–Kier alpha value is -3.01. The first-order chi connectivity index (χ1) is 14.0. The van der Waals surface area contributed by atoms with E-state index in [0.717, 1.165) is 31.6 Å². The maximum absolute atomic E-state index is 6.02. The van der Waals surface area contributed by atoms with Crippen LogP contribution >= 0.6 is 0 Å². The van der Waals surface area contributed by atoms with Crippen molar-refractivity contribution in [2.24, 2.45) is 0 Å². The van der Waals surface area contributed by atoms with Gasteiger partial charge < -0.3 is 21.1 Å². The van der Waals surface area contributed by atoms with Crippen LogP contribution in [-0.4, -0.2) is 61.1 Å². The zero-order valence-corrected chi connectivity index (χ0v) is 17.0. The molecular formula is C19H27N9O. The number of fused-ring (bicyclic) bond motifs is 1. The predicted octanol–water partition coefficient (Wildman–Crippen LogP) is 1.43. The summed E-state index contributed by atoms with van der Waals surface area (Å²) < 4.78 is 7.30. The highest BCUT2D eigenvalue weighted by molar-refractivity contribution is 5.85. The minimum atomic E-state index is 0.125. The zero-order valence-electron chi connectivity index (χ0n) is 17.0. The van der Waals surface area contributed by atoms with Gasteiger partial charge in [0, 0.05) is 18.0 Å². The molecule has 0 aromatic carbocycles. The standard InChI is InChI=1S/C19H27N9O/c1-11(2)27-6-4-12(5-7-27)13-8-16(29-3)15(26-25-13)10-28-17-14(9-22-28)23-19(21)24-18(17)20/h8-9,11-12H,4-7,10H2,1-3H3,(H4,20,21,23,24). The van der Waals surface area contributed by atoms with E-state index in [1.54, 1.807) is 18.0 Å². The van der Waals surface area contributed by atoms with E-state index in [9.17, 15) is 0 Å². The van der Waals surface area contributed by atoms with E-state index in [-0.39, 0.29) is 11.8 Å². The second kappa shape index (κ2) is 7.78. The fourth-order valence-electron chi connectivity index (χ4n) is 3.92. The lowest BCUT2D eigenvalue weighted by Crippen LogP contribution is -2.38. The number of rotatable bonds is 5. The van der Waals surface area contributed by atoms with Gasteiger partial charge in [-0.1, -0.05) is 0 Å². The van der Waals surface area contributed by atoms with Gasteiger partial charge in [-0.2, -0.15) is 15.2 Å². The van der Waals surface area contributed by atoms with Crippen LogP contribution in [0.15, 0.2) is 12.3 Å². The first-order valence-electron chi connectivity index (χ1n) is 9.85. The number of aromatic nitrogens is 6. The van der Waals surface area contributed by atoms with Crippen molar-refractivity contribution in [1.29, 1.82) is 0 Å². The molecule has 4 N–H and O–H groups in total. The smallest absolute Gasteiger partial charge is 0.222 e. The van der Waals surface area contributed by atoms with Crippen LogP contribution in [0.2, 0.25) is 0 Å². The molecule has 0 amide bonds. The number of methoxy groups -OCH3 is 1. The highest BCUT2D eigenvalue weighted by atomic mass is 16.5. The molecule has 1 aliphatic rings. The van der Waals surface area contributed by atoms with Crippen LogP contribution in [0.4, 0.5) is 11.8 Å². The van der Waals surface area contributed by atoms with E-state index < -0.39 is 0 Å². The SMILES string of the molecule is COc1cc(C2CCN(C(C)C)CC2)nnc1Cn1ncc2nc(N)nc(N)c21. The predicted molar refractivity (Wildman–Crippen MR) is 111 cm³/mol. The molecule has 0 bridgehead atoms. The van der Waals surface area contributed by atoms with E-state index in [1.807, 2.05) is 6.07 Å². The van der Waals surface area contributed by atoms with Gasteiger partial charge in [-0.3, -0.25) is 4.68 Å². The summed E-state index contributed by atoms with van der Waals surface area (Å²) in [6.07, 6.45) is 3.77. The molecule has 0 radical (unpaired) electrons. The molecule has 3 aromatic heterocycles. The van der Waals surface area contributed by atoms with E-state index in [1.165, 1.54) is 0 Å². The minimum absolute atomic E-state index is 0.125. The van der Waals surface area contributed by atoms with Gasteiger partial charge in [0.2, 0.25) is 5.95 Å². The van der Waals surface area contributed by atoms with Gasteiger partial charge in [0.15, 0.2) is 5.82 Å². The Kier molecular flexibility index (Phi) is 5.18. The van der Waals surface area contributed by atoms with Crippen molar-refractivity contribution in [2.75, 3.05) is 31.7 Å². The Labute approximate surface area is 169 Å². The van der Waals surface area contributed by atoms with E-state index in [0.29, 0.717) is 41.0 Å². The van der Waals surface area contributed by atoms with Crippen LogP contribution in [0.3, 0.4) is 0 Å². The first-order valence-corrected chi connectivity index (χ1v) is 9.85. The maximum Gasteiger partial charge on any atom is 0.222 e. The molecule has 0 saturated carbocycles. The number of hydrogen-bond donors (Lipinski definition) is 2. The minimum Gasteiger partial charge on any atom is -0.495 e.